The number of imidazole rings is 1. The summed E-state index contributed by atoms with van der Waals surface area (Å²) in [6.07, 6.45) is 4.06. The van der Waals surface area contributed by atoms with Crippen molar-refractivity contribution in [1.29, 1.82) is 0 Å². The van der Waals surface area contributed by atoms with Gasteiger partial charge in [-0.15, -0.1) is 0 Å². The molecule has 0 saturated carbocycles. The van der Waals surface area contributed by atoms with Crippen molar-refractivity contribution < 1.29 is 49.1 Å². The highest BCUT2D eigenvalue weighted by molar-refractivity contribution is 6.27. The molecule has 0 bridgehead atoms. The second-order valence-electron chi connectivity index (χ2n) is 7.81. The molecule has 0 aromatic carbocycles. The molecule has 15 nitrogen and oxygen atoms in total. The SMILES string of the molecule is CCOCCN1CCC(Nc2nc3cccnc3n2CCOCC)CC1.O=C(O)C(=O)O.O=C(O)C(=O)O. The van der Waals surface area contributed by atoms with Crippen LogP contribution in [0.1, 0.15) is 26.7 Å². The Morgan fingerprint density at radius 1 is 0.921 bits per heavy atom. The summed E-state index contributed by atoms with van der Waals surface area (Å²) < 4.78 is 13.1. The minimum atomic E-state index is -1.82. The van der Waals surface area contributed by atoms with Gasteiger partial charge in [-0.2, -0.15) is 0 Å². The molecule has 2 aromatic rings. The number of hydrogen-bond acceptors (Lipinski definition) is 10. The number of fused-ring (bicyclic) bond motifs is 1. The van der Waals surface area contributed by atoms with Crippen molar-refractivity contribution in [3.8, 4) is 0 Å². The summed E-state index contributed by atoms with van der Waals surface area (Å²) in [5.41, 5.74) is 1.85. The van der Waals surface area contributed by atoms with Gasteiger partial charge in [0.1, 0.15) is 5.52 Å². The number of piperidine rings is 1. The molecule has 3 heterocycles. The van der Waals surface area contributed by atoms with Gasteiger partial charge in [0.05, 0.1) is 19.8 Å². The van der Waals surface area contributed by atoms with Gasteiger partial charge in [-0.25, -0.2) is 29.1 Å². The third-order valence-electron chi connectivity index (χ3n) is 5.21. The van der Waals surface area contributed by atoms with Gasteiger partial charge in [0.2, 0.25) is 5.95 Å². The lowest BCUT2D eigenvalue weighted by molar-refractivity contribution is -0.159. The lowest BCUT2D eigenvalue weighted by Gasteiger charge is -2.32. The van der Waals surface area contributed by atoms with Crippen molar-refractivity contribution >= 4 is 41.0 Å². The Bertz CT molecular complexity index is 989. The molecule has 1 saturated heterocycles. The number of pyridine rings is 1. The Kier molecular flexibility index (Phi) is 14.9. The number of nitrogens with one attached hydrogen (secondary N) is 1. The number of carboxylic acid groups (broad SMARTS) is 4. The van der Waals surface area contributed by atoms with E-state index in [1.54, 1.807) is 0 Å². The molecule has 0 atom stereocenters. The maximum absolute atomic E-state index is 9.10. The molecule has 0 unspecified atom stereocenters. The van der Waals surface area contributed by atoms with E-state index in [4.69, 9.17) is 54.1 Å². The molecule has 3 rings (SSSR count). The lowest BCUT2D eigenvalue weighted by Crippen LogP contribution is -2.41. The molecule has 2 aromatic heterocycles. The number of anilines is 1. The largest absolute Gasteiger partial charge is 0.473 e. The molecule has 1 aliphatic heterocycles. The molecule has 15 heteroatoms. The monoisotopic (exact) mass is 541 g/mol. The summed E-state index contributed by atoms with van der Waals surface area (Å²) in [6.45, 7) is 11.1. The Labute approximate surface area is 219 Å². The summed E-state index contributed by atoms with van der Waals surface area (Å²) >= 11 is 0. The third-order valence-corrected chi connectivity index (χ3v) is 5.21. The second-order valence-corrected chi connectivity index (χ2v) is 7.81. The second kappa shape index (κ2) is 17.6. The molecule has 0 spiro atoms. The molecule has 1 fully saturated rings. The van der Waals surface area contributed by atoms with E-state index in [0.717, 1.165) is 76.0 Å². The van der Waals surface area contributed by atoms with E-state index in [9.17, 15) is 0 Å². The van der Waals surface area contributed by atoms with Gasteiger partial charge in [0, 0.05) is 45.1 Å². The fourth-order valence-electron chi connectivity index (χ4n) is 3.40. The van der Waals surface area contributed by atoms with Crippen LogP contribution in [-0.2, 0) is 35.2 Å². The predicted molar refractivity (Wildman–Crippen MR) is 134 cm³/mol. The van der Waals surface area contributed by atoms with Crippen LogP contribution in [0, 0.1) is 0 Å². The fraction of sp³-hybridized carbons (Fsp3) is 0.565. The first-order valence-electron chi connectivity index (χ1n) is 12.0. The molecular formula is C23H35N5O10. The average molecular weight is 542 g/mol. The Balaban J connectivity index is 0.000000503. The molecule has 1 aliphatic rings. The first-order valence-corrected chi connectivity index (χ1v) is 12.0. The van der Waals surface area contributed by atoms with Crippen molar-refractivity contribution in [3.05, 3.63) is 18.3 Å². The Morgan fingerprint density at radius 3 is 1.95 bits per heavy atom. The van der Waals surface area contributed by atoms with E-state index in [2.05, 4.69) is 19.8 Å². The van der Waals surface area contributed by atoms with Crippen LogP contribution in [0.25, 0.3) is 11.2 Å². The van der Waals surface area contributed by atoms with Gasteiger partial charge >= 0.3 is 23.9 Å². The van der Waals surface area contributed by atoms with Crippen molar-refractivity contribution in [3.63, 3.8) is 0 Å². The maximum Gasteiger partial charge on any atom is 0.414 e. The van der Waals surface area contributed by atoms with Crippen LogP contribution in [0.5, 0.6) is 0 Å². The van der Waals surface area contributed by atoms with Gasteiger partial charge in [-0.1, -0.05) is 0 Å². The summed E-state index contributed by atoms with van der Waals surface area (Å²) in [7, 11) is 0. The maximum atomic E-state index is 9.10. The van der Waals surface area contributed by atoms with Crippen molar-refractivity contribution in [2.75, 3.05) is 51.4 Å². The molecular weight excluding hydrogens is 506 g/mol. The van der Waals surface area contributed by atoms with Crippen LogP contribution in [0.3, 0.4) is 0 Å². The number of aromatic nitrogens is 3. The van der Waals surface area contributed by atoms with E-state index < -0.39 is 23.9 Å². The summed E-state index contributed by atoms with van der Waals surface area (Å²) in [6, 6.07) is 4.39. The summed E-state index contributed by atoms with van der Waals surface area (Å²) in [5, 5.41) is 33.2. The molecule has 0 aliphatic carbocycles. The highest BCUT2D eigenvalue weighted by atomic mass is 16.5. The van der Waals surface area contributed by atoms with Crippen LogP contribution < -0.4 is 5.32 Å². The number of ether oxygens (including phenoxy) is 2. The van der Waals surface area contributed by atoms with Crippen LogP contribution >= 0.6 is 0 Å². The molecule has 0 radical (unpaired) electrons. The van der Waals surface area contributed by atoms with E-state index in [1.165, 1.54) is 0 Å². The molecule has 212 valence electrons. The smallest absolute Gasteiger partial charge is 0.414 e. The summed E-state index contributed by atoms with van der Waals surface area (Å²) in [5.74, 6) is -6.39. The molecule has 0 amide bonds. The highest BCUT2D eigenvalue weighted by Gasteiger charge is 2.21. The number of carbonyl (C=O) groups is 4. The van der Waals surface area contributed by atoms with Gasteiger partial charge in [0.15, 0.2) is 5.65 Å². The van der Waals surface area contributed by atoms with Crippen LogP contribution in [0.15, 0.2) is 18.3 Å². The quantitative estimate of drug-likeness (QED) is 0.207. The predicted octanol–water partition coefficient (Wildman–Crippen LogP) is 0.692. The topological polar surface area (TPSA) is 214 Å². The number of hydrogen-bond donors (Lipinski definition) is 5. The minimum absolute atomic E-state index is 0.445. The van der Waals surface area contributed by atoms with Crippen LogP contribution in [0.2, 0.25) is 0 Å². The van der Waals surface area contributed by atoms with Crippen LogP contribution in [0.4, 0.5) is 5.95 Å². The zero-order valence-electron chi connectivity index (χ0n) is 21.4. The molecule has 38 heavy (non-hydrogen) atoms. The first-order chi connectivity index (χ1) is 18.1. The standard InChI is InChI=1S/C19H31N5O2.2C2H2O4/c1-3-25-14-12-23-10-7-16(8-11-23)21-19-22-17-6-5-9-20-18(17)24(19)13-15-26-4-2;2*3-1(4)2(5)6/h5-6,9,16H,3-4,7-8,10-15H2,1-2H3,(H,21,22);2*(H,3,4)(H,5,6). The van der Waals surface area contributed by atoms with Crippen molar-refractivity contribution in [2.24, 2.45) is 0 Å². The van der Waals surface area contributed by atoms with Gasteiger partial charge in [0.25, 0.3) is 0 Å². The van der Waals surface area contributed by atoms with Gasteiger partial charge in [-0.05, 0) is 38.8 Å². The summed E-state index contributed by atoms with van der Waals surface area (Å²) in [4.78, 5) is 48.2. The first kappa shape index (κ1) is 32.2. The normalized spacial score (nSPS) is 13.5. The number of aliphatic carboxylic acids is 4. The van der Waals surface area contributed by atoms with Crippen LogP contribution in [-0.4, -0.2) is 116 Å². The zero-order chi connectivity index (χ0) is 28.5. The fourth-order valence-corrected chi connectivity index (χ4v) is 3.40. The number of nitrogens with zero attached hydrogens (tertiary/aromatic N) is 4. The minimum Gasteiger partial charge on any atom is -0.473 e. The van der Waals surface area contributed by atoms with Crippen molar-refractivity contribution in [2.45, 2.75) is 39.3 Å². The number of carboxylic acids is 4. The van der Waals surface area contributed by atoms with E-state index in [1.807, 2.05) is 32.2 Å². The molecule has 5 N–H and O–H groups in total. The van der Waals surface area contributed by atoms with E-state index in [0.29, 0.717) is 12.6 Å². The lowest BCUT2D eigenvalue weighted by atomic mass is 10.1. The third kappa shape index (κ3) is 11.9. The van der Waals surface area contributed by atoms with Crippen molar-refractivity contribution in [1.82, 2.24) is 19.4 Å². The average Bonchev–Trinajstić information content (AvgIpc) is 3.23. The Morgan fingerprint density at radius 2 is 1.45 bits per heavy atom. The van der Waals surface area contributed by atoms with Gasteiger partial charge in [-0.3, -0.25) is 4.57 Å². The highest BCUT2D eigenvalue weighted by Crippen LogP contribution is 2.21. The van der Waals surface area contributed by atoms with Gasteiger partial charge < -0.3 is 40.1 Å². The number of rotatable bonds is 10. The Hall–Kier alpha value is -3.82. The zero-order valence-corrected chi connectivity index (χ0v) is 21.4. The number of likely N-dealkylation sites (tertiary alicyclic amines) is 1. The van der Waals surface area contributed by atoms with E-state index >= 15 is 0 Å². The van der Waals surface area contributed by atoms with E-state index in [-0.39, 0.29) is 0 Å².